The van der Waals surface area contributed by atoms with E-state index in [0.29, 0.717) is 22.7 Å². The van der Waals surface area contributed by atoms with Crippen LogP contribution in [0.3, 0.4) is 0 Å². The lowest BCUT2D eigenvalue weighted by atomic mass is 10.2. The smallest absolute Gasteiger partial charge is 0.145 e. The van der Waals surface area contributed by atoms with Gasteiger partial charge in [-0.1, -0.05) is 23.7 Å². The summed E-state index contributed by atoms with van der Waals surface area (Å²) in [5.74, 6) is 3.08. The molecule has 1 aromatic carbocycles. The normalized spacial score (nSPS) is 20.4. The number of hydrogen-bond acceptors (Lipinski definition) is 3. The second-order valence-corrected chi connectivity index (χ2v) is 8.76. The Labute approximate surface area is 143 Å². The number of hydrogen-bond donors (Lipinski definition) is 0. The Balaban J connectivity index is 1.53. The zero-order valence-corrected chi connectivity index (χ0v) is 14.7. The molecule has 4 rings (SSSR count). The Kier molecular flexibility index (Phi) is 4.01. The summed E-state index contributed by atoms with van der Waals surface area (Å²) < 4.78 is 15.1. The Morgan fingerprint density at radius 2 is 1.91 bits per heavy atom. The first-order valence-electron chi connectivity index (χ1n) is 8.20. The SMILES string of the molecule is C[C@H](c1ccc(Cl)cc1)[S@@](=O)Cc1nnc(C2CC2)n1C1CC1. The van der Waals surface area contributed by atoms with Gasteiger partial charge in [0.2, 0.25) is 0 Å². The highest BCUT2D eigenvalue weighted by Crippen LogP contribution is 2.45. The lowest BCUT2D eigenvalue weighted by Gasteiger charge is -2.13. The number of aromatic nitrogens is 3. The van der Waals surface area contributed by atoms with Crippen LogP contribution in [0.25, 0.3) is 0 Å². The van der Waals surface area contributed by atoms with Gasteiger partial charge in [0.15, 0.2) is 0 Å². The largest absolute Gasteiger partial charge is 0.311 e. The van der Waals surface area contributed by atoms with Gasteiger partial charge in [0.05, 0.1) is 11.0 Å². The van der Waals surface area contributed by atoms with Gasteiger partial charge in [0.25, 0.3) is 0 Å². The molecule has 0 aliphatic heterocycles. The third-order valence-corrected chi connectivity index (χ3v) is 6.51. The lowest BCUT2D eigenvalue weighted by Crippen LogP contribution is -2.11. The van der Waals surface area contributed by atoms with Gasteiger partial charge in [-0.05, 0) is 50.3 Å². The molecule has 0 unspecified atom stereocenters. The fourth-order valence-electron chi connectivity index (χ4n) is 2.92. The molecule has 2 atom stereocenters. The van der Waals surface area contributed by atoms with Crippen LogP contribution in [0.15, 0.2) is 24.3 Å². The number of benzene rings is 1. The topological polar surface area (TPSA) is 47.8 Å². The summed E-state index contributed by atoms with van der Waals surface area (Å²) in [6, 6.07) is 8.14. The van der Waals surface area contributed by atoms with E-state index in [2.05, 4.69) is 14.8 Å². The molecule has 6 heteroatoms. The van der Waals surface area contributed by atoms with Gasteiger partial charge in [-0.25, -0.2) is 0 Å². The molecular formula is C17H20ClN3OS. The van der Waals surface area contributed by atoms with Gasteiger partial charge in [0.1, 0.15) is 11.6 Å². The van der Waals surface area contributed by atoms with Crippen molar-refractivity contribution in [2.24, 2.45) is 0 Å². The predicted molar refractivity (Wildman–Crippen MR) is 92.0 cm³/mol. The van der Waals surface area contributed by atoms with Gasteiger partial charge in [0, 0.05) is 27.8 Å². The maximum atomic E-state index is 12.8. The third-order valence-electron chi connectivity index (χ3n) is 4.65. The molecule has 0 radical (unpaired) electrons. The molecular weight excluding hydrogens is 330 g/mol. The van der Waals surface area contributed by atoms with E-state index in [0.717, 1.165) is 17.2 Å². The van der Waals surface area contributed by atoms with Gasteiger partial charge in [-0.3, -0.25) is 4.21 Å². The van der Waals surface area contributed by atoms with Gasteiger partial charge in [-0.15, -0.1) is 10.2 Å². The first-order chi connectivity index (χ1) is 11.1. The van der Waals surface area contributed by atoms with E-state index in [9.17, 15) is 4.21 Å². The minimum absolute atomic E-state index is 0.0407. The zero-order valence-electron chi connectivity index (χ0n) is 13.1. The molecule has 0 N–H and O–H groups in total. The van der Waals surface area contributed by atoms with E-state index >= 15 is 0 Å². The fourth-order valence-corrected chi connectivity index (χ4v) is 4.21. The quantitative estimate of drug-likeness (QED) is 0.786. The molecule has 2 fully saturated rings. The minimum Gasteiger partial charge on any atom is -0.311 e. The van der Waals surface area contributed by atoms with Crippen LogP contribution in [-0.2, 0) is 16.6 Å². The van der Waals surface area contributed by atoms with Crippen molar-refractivity contribution < 1.29 is 4.21 Å². The maximum Gasteiger partial charge on any atom is 0.145 e. The van der Waals surface area contributed by atoms with Gasteiger partial charge >= 0.3 is 0 Å². The third kappa shape index (κ3) is 3.22. The second kappa shape index (κ2) is 6.02. The Hall–Kier alpha value is -1.20. The molecule has 2 saturated carbocycles. The monoisotopic (exact) mass is 349 g/mol. The molecule has 2 aromatic rings. The molecule has 122 valence electrons. The van der Waals surface area contributed by atoms with Crippen molar-refractivity contribution in [1.29, 1.82) is 0 Å². The number of rotatable bonds is 6. The van der Waals surface area contributed by atoms with Crippen LogP contribution in [0.4, 0.5) is 0 Å². The summed E-state index contributed by atoms with van der Waals surface area (Å²) in [4.78, 5) is 0. The Bertz CT molecular complexity index is 735. The van der Waals surface area contributed by atoms with E-state index in [-0.39, 0.29) is 5.25 Å². The van der Waals surface area contributed by atoms with Gasteiger partial charge in [-0.2, -0.15) is 0 Å². The Morgan fingerprint density at radius 1 is 1.22 bits per heavy atom. The van der Waals surface area contributed by atoms with Crippen molar-refractivity contribution in [3.05, 3.63) is 46.5 Å². The van der Waals surface area contributed by atoms with Crippen LogP contribution >= 0.6 is 11.6 Å². The number of nitrogens with zero attached hydrogens (tertiary/aromatic N) is 3. The molecule has 0 saturated heterocycles. The van der Waals surface area contributed by atoms with Crippen LogP contribution in [0, 0.1) is 0 Å². The standard InChI is InChI=1S/C17H20ClN3OS/c1-11(12-4-6-14(18)7-5-12)23(22)10-16-19-20-17(13-2-3-13)21(16)15-8-9-15/h4-7,11,13,15H,2-3,8-10H2,1H3/t11-,23+/m1/s1. The predicted octanol–water partition coefficient (Wildman–Crippen LogP) is 4.15. The van der Waals surface area contributed by atoms with E-state index in [1.54, 1.807) is 0 Å². The van der Waals surface area contributed by atoms with Crippen LogP contribution in [0.1, 0.15) is 67.0 Å². The highest BCUT2D eigenvalue weighted by molar-refractivity contribution is 7.84. The molecule has 0 amide bonds. The maximum absolute atomic E-state index is 12.8. The molecule has 2 aliphatic rings. The summed E-state index contributed by atoms with van der Waals surface area (Å²) in [5.41, 5.74) is 1.05. The zero-order chi connectivity index (χ0) is 16.0. The molecule has 0 spiro atoms. The highest BCUT2D eigenvalue weighted by atomic mass is 35.5. The molecule has 1 aromatic heterocycles. The summed E-state index contributed by atoms with van der Waals surface area (Å²) in [6.07, 6.45) is 4.83. The highest BCUT2D eigenvalue weighted by Gasteiger charge is 2.36. The summed E-state index contributed by atoms with van der Waals surface area (Å²) in [6.45, 7) is 2.00. The lowest BCUT2D eigenvalue weighted by molar-refractivity contribution is 0.648. The van der Waals surface area contributed by atoms with Crippen LogP contribution < -0.4 is 0 Å². The van der Waals surface area contributed by atoms with Crippen LogP contribution in [0.5, 0.6) is 0 Å². The summed E-state index contributed by atoms with van der Waals surface area (Å²) in [5, 5.41) is 9.43. The second-order valence-electron chi connectivity index (χ2n) is 6.57. The molecule has 23 heavy (non-hydrogen) atoms. The van der Waals surface area contributed by atoms with Crippen molar-refractivity contribution in [2.75, 3.05) is 0 Å². The van der Waals surface area contributed by atoms with Crippen molar-refractivity contribution in [2.45, 2.75) is 55.6 Å². The van der Waals surface area contributed by atoms with Crippen LogP contribution in [0.2, 0.25) is 5.02 Å². The minimum atomic E-state index is -1.02. The number of halogens is 1. The first-order valence-corrected chi connectivity index (χ1v) is 9.96. The van der Waals surface area contributed by atoms with E-state index in [4.69, 9.17) is 11.6 Å². The average molecular weight is 350 g/mol. The van der Waals surface area contributed by atoms with E-state index in [1.165, 1.54) is 25.7 Å². The average Bonchev–Trinajstić information content (AvgIpc) is 3.46. The van der Waals surface area contributed by atoms with Gasteiger partial charge < -0.3 is 4.57 Å². The molecule has 0 bridgehead atoms. The van der Waals surface area contributed by atoms with Crippen molar-refractivity contribution in [3.8, 4) is 0 Å². The summed E-state index contributed by atoms with van der Waals surface area (Å²) in [7, 11) is -1.02. The molecule has 1 heterocycles. The van der Waals surface area contributed by atoms with E-state index < -0.39 is 10.8 Å². The first kappa shape index (κ1) is 15.3. The van der Waals surface area contributed by atoms with Crippen molar-refractivity contribution in [1.82, 2.24) is 14.8 Å². The Morgan fingerprint density at radius 3 is 2.52 bits per heavy atom. The van der Waals surface area contributed by atoms with E-state index in [1.807, 2.05) is 31.2 Å². The molecule has 2 aliphatic carbocycles. The van der Waals surface area contributed by atoms with Crippen molar-refractivity contribution >= 4 is 22.4 Å². The van der Waals surface area contributed by atoms with Crippen LogP contribution in [-0.4, -0.2) is 19.0 Å². The fraction of sp³-hybridized carbons (Fsp3) is 0.529. The molecule has 4 nitrogen and oxygen atoms in total. The van der Waals surface area contributed by atoms with Crippen molar-refractivity contribution in [3.63, 3.8) is 0 Å². The summed E-state index contributed by atoms with van der Waals surface area (Å²) >= 11 is 5.93.